The van der Waals surface area contributed by atoms with Crippen molar-refractivity contribution < 1.29 is 47.6 Å². The number of esters is 4. The van der Waals surface area contributed by atoms with Crippen LogP contribution in [0.3, 0.4) is 0 Å². The van der Waals surface area contributed by atoms with E-state index >= 15 is 0 Å². The fourth-order valence-electron chi connectivity index (χ4n) is 2.46. The zero-order chi connectivity index (χ0) is 20.1. The number of rotatable bonds is 7. The first-order valence-electron chi connectivity index (χ1n) is 7.88. The van der Waals surface area contributed by atoms with Crippen molar-refractivity contribution in [3.63, 3.8) is 0 Å². The number of carbonyl (C=O) groups excluding carboxylic acids is 4. The van der Waals surface area contributed by atoms with Crippen molar-refractivity contribution in [1.82, 2.24) is 0 Å². The van der Waals surface area contributed by atoms with Crippen LogP contribution in [0.25, 0.3) is 0 Å². The van der Waals surface area contributed by atoms with Crippen LogP contribution in [-0.2, 0) is 47.6 Å². The zero-order valence-corrected chi connectivity index (χ0v) is 15.6. The van der Waals surface area contributed by atoms with E-state index in [0.29, 0.717) is 0 Å². The molecule has 1 heterocycles. The van der Waals surface area contributed by atoms with E-state index in [9.17, 15) is 19.2 Å². The predicted molar refractivity (Wildman–Crippen MR) is 83.6 cm³/mol. The largest absolute Gasteiger partial charge is 0.466 e. The van der Waals surface area contributed by atoms with Gasteiger partial charge in [0.25, 0.3) is 0 Å². The minimum atomic E-state index is -1.65. The van der Waals surface area contributed by atoms with Crippen LogP contribution in [0.4, 0.5) is 0 Å². The van der Waals surface area contributed by atoms with Crippen molar-refractivity contribution in [3.8, 4) is 0 Å². The number of methoxy groups -OCH3 is 1. The molecule has 148 valence electrons. The van der Waals surface area contributed by atoms with Crippen molar-refractivity contribution >= 4 is 23.9 Å². The number of ether oxygens (including phenoxy) is 6. The molecule has 0 amide bonds. The Morgan fingerprint density at radius 2 is 1.50 bits per heavy atom. The molecule has 10 nitrogen and oxygen atoms in total. The molecule has 0 unspecified atom stereocenters. The fraction of sp³-hybridized carbons (Fsp3) is 0.750. The van der Waals surface area contributed by atoms with Crippen molar-refractivity contribution in [2.45, 2.75) is 64.8 Å². The second kappa shape index (κ2) is 8.95. The van der Waals surface area contributed by atoms with Crippen molar-refractivity contribution in [1.29, 1.82) is 0 Å². The van der Waals surface area contributed by atoms with Gasteiger partial charge in [0.1, 0.15) is 6.10 Å². The van der Waals surface area contributed by atoms with Crippen LogP contribution >= 0.6 is 0 Å². The van der Waals surface area contributed by atoms with Gasteiger partial charge in [0.15, 0.2) is 18.0 Å². The topological polar surface area (TPSA) is 124 Å². The van der Waals surface area contributed by atoms with E-state index < -0.39 is 54.1 Å². The summed E-state index contributed by atoms with van der Waals surface area (Å²) in [5.41, 5.74) is 0. The summed E-state index contributed by atoms with van der Waals surface area (Å²) in [5.74, 6) is -4.28. The molecule has 0 aromatic carbocycles. The molecule has 1 aliphatic heterocycles. The lowest BCUT2D eigenvalue weighted by Gasteiger charge is -2.33. The first-order chi connectivity index (χ1) is 12.0. The van der Waals surface area contributed by atoms with E-state index in [4.69, 9.17) is 23.7 Å². The van der Waals surface area contributed by atoms with E-state index in [0.717, 1.165) is 27.9 Å². The molecule has 0 aromatic heterocycles. The summed E-state index contributed by atoms with van der Waals surface area (Å²) in [5, 5.41) is 0. The van der Waals surface area contributed by atoms with Gasteiger partial charge in [-0.1, -0.05) is 0 Å². The van der Waals surface area contributed by atoms with Gasteiger partial charge in [0, 0.05) is 20.8 Å². The van der Waals surface area contributed by atoms with E-state index in [1.54, 1.807) is 13.8 Å². The Morgan fingerprint density at radius 3 is 1.88 bits per heavy atom. The lowest BCUT2D eigenvalue weighted by atomic mass is 10.0. The molecule has 0 aliphatic carbocycles. The van der Waals surface area contributed by atoms with Gasteiger partial charge in [-0.05, 0) is 13.8 Å². The van der Waals surface area contributed by atoms with Gasteiger partial charge in [0.2, 0.25) is 6.10 Å². The van der Waals surface area contributed by atoms with E-state index in [1.165, 1.54) is 0 Å². The second-order valence-electron chi connectivity index (χ2n) is 6.07. The summed E-state index contributed by atoms with van der Waals surface area (Å²) < 4.78 is 31.1. The van der Waals surface area contributed by atoms with Crippen molar-refractivity contribution in [2.24, 2.45) is 0 Å². The Kier molecular flexibility index (Phi) is 7.52. The maximum Gasteiger partial charge on any atom is 0.351 e. The predicted octanol–water partition coefficient (Wildman–Crippen LogP) is 0.106. The molecule has 0 spiro atoms. The van der Waals surface area contributed by atoms with Crippen LogP contribution in [0, 0.1) is 0 Å². The standard InChI is InChI=1S/C16H24O10/c1-8(17)23-12(11-7-22-16(4,5)26-11)13(24-9(2)18)14(15(20)21-6)25-10(3)19/h11-14H,7H2,1-6H3/t11-,12-,13+,14-/m1/s1. The molecular weight excluding hydrogens is 352 g/mol. The van der Waals surface area contributed by atoms with Crippen LogP contribution in [-0.4, -0.2) is 67.8 Å². The average Bonchev–Trinajstić information content (AvgIpc) is 2.87. The third-order valence-corrected chi connectivity index (χ3v) is 3.35. The molecule has 0 N–H and O–H groups in total. The Balaban J connectivity index is 3.27. The normalized spacial score (nSPS) is 21.8. The molecule has 0 bridgehead atoms. The molecule has 0 saturated carbocycles. The zero-order valence-electron chi connectivity index (χ0n) is 15.6. The van der Waals surface area contributed by atoms with Crippen LogP contribution < -0.4 is 0 Å². The fourth-order valence-corrected chi connectivity index (χ4v) is 2.46. The molecule has 1 aliphatic rings. The highest BCUT2D eigenvalue weighted by Gasteiger charge is 2.49. The number of hydrogen-bond donors (Lipinski definition) is 0. The van der Waals surface area contributed by atoms with Crippen LogP contribution in [0.15, 0.2) is 0 Å². The molecule has 1 rings (SSSR count). The summed E-state index contributed by atoms with van der Waals surface area (Å²) in [6.07, 6.45) is -5.30. The highest BCUT2D eigenvalue weighted by Crippen LogP contribution is 2.29. The quantitative estimate of drug-likeness (QED) is 0.446. The first kappa shape index (κ1) is 21.8. The monoisotopic (exact) mass is 376 g/mol. The second-order valence-corrected chi connectivity index (χ2v) is 6.07. The molecule has 0 radical (unpaired) electrons. The summed E-state index contributed by atoms with van der Waals surface area (Å²) in [4.78, 5) is 46.6. The third kappa shape index (κ3) is 6.26. The highest BCUT2D eigenvalue weighted by molar-refractivity contribution is 5.80. The van der Waals surface area contributed by atoms with Gasteiger partial charge in [0.05, 0.1) is 13.7 Å². The first-order valence-corrected chi connectivity index (χ1v) is 7.88. The third-order valence-electron chi connectivity index (χ3n) is 3.35. The molecule has 10 heteroatoms. The minimum Gasteiger partial charge on any atom is -0.466 e. The van der Waals surface area contributed by atoms with E-state index in [2.05, 4.69) is 4.74 Å². The van der Waals surface area contributed by atoms with Gasteiger partial charge in [-0.2, -0.15) is 0 Å². The average molecular weight is 376 g/mol. The Bertz CT molecular complexity index is 555. The molecule has 4 atom stereocenters. The SMILES string of the molecule is COC(=O)[C@H](OC(C)=O)[C@@H](OC(C)=O)[C@H](OC(C)=O)[C@H]1COC(C)(C)O1. The lowest BCUT2D eigenvalue weighted by Crippen LogP contribution is -2.54. The van der Waals surface area contributed by atoms with E-state index in [1.807, 2.05) is 0 Å². The van der Waals surface area contributed by atoms with Gasteiger partial charge >= 0.3 is 23.9 Å². The number of hydrogen-bond acceptors (Lipinski definition) is 10. The summed E-state index contributed by atoms with van der Waals surface area (Å²) >= 11 is 0. The Morgan fingerprint density at radius 1 is 0.962 bits per heavy atom. The van der Waals surface area contributed by atoms with Gasteiger partial charge < -0.3 is 28.4 Å². The summed E-state index contributed by atoms with van der Waals surface area (Å²) in [6, 6.07) is 0. The summed E-state index contributed by atoms with van der Waals surface area (Å²) in [6.45, 7) is 6.58. The lowest BCUT2D eigenvalue weighted by molar-refractivity contribution is -0.207. The van der Waals surface area contributed by atoms with Crippen LogP contribution in [0.5, 0.6) is 0 Å². The van der Waals surface area contributed by atoms with Gasteiger partial charge in [-0.3, -0.25) is 14.4 Å². The number of carbonyl (C=O) groups is 4. The Labute approximate surface area is 151 Å². The molecular formula is C16H24O10. The maximum atomic E-state index is 12.1. The molecule has 1 fully saturated rings. The highest BCUT2D eigenvalue weighted by atomic mass is 16.8. The molecule has 1 saturated heterocycles. The molecule has 26 heavy (non-hydrogen) atoms. The van der Waals surface area contributed by atoms with Gasteiger partial charge in [-0.25, -0.2) is 4.79 Å². The van der Waals surface area contributed by atoms with Crippen molar-refractivity contribution in [3.05, 3.63) is 0 Å². The minimum absolute atomic E-state index is 0.00330. The van der Waals surface area contributed by atoms with Crippen molar-refractivity contribution in [2.75, 3.05) is 13.7 Å². The summed E-state index contributed by atoms with van der Waals surface area (Å²) in [7, 11) is 1.07. The maximum absolute atomic E-state index is 12.1. The van der Waals surface area contributed by atoms with Gasteiger partial charge in [-0.15, -0.1) is 0 Å². The molecule has 0 aromatic rings. The van der Waals surface area contributed by atoms with Crippen LogP contribution in [0.2, 0.25) is 0 Å². The smallest absolute Gasteiger partial charge is 0.351 e. The van der Waals surface area contributed by atoms with E-state index in [-0.39, 0.29) is 6.61 Å². The Hall–Kier alpha value is -2.20. The van der Waals surface area contributed by atoms with Crippen LogP contribution in [0.1, 0.15) is 34.6 Å².